The van der Waals surface area contributed by atoms with Crippen LogP contribution in [0.5, 0.6) is 0 Å². The molecule has 1 unspecified atom stereocenters. The molecule has 8 nitrogen and oxygen atoms in total. The summed E-state index contributed by atoms with van der Waals surface area (Å²) < 4.78 is 5.04. The fourth-order valence-corrected chi connectivity index (χ4v) is 3.78. The van der Waals surface area contributed by atoms with Crippen molar-refractivity contribution in [2.75, 3.05) is 26.2 Å². The Balaban J connectivity index is 1.62. The summed E-state index contributed by atoms with van der Waals surface area (Å²) in [7, 11) is 0. The molecule has 0 aromatic heterocycles. The van der Waals surface area contributed by atoms with Gasteiger partial charge in [0.25, 0.3) is 5.91 Å². The van der Waals surface area contributed by atoms with E-state index in [0.29, 0.717) is 38.1 Å². The van der Waals surface area contributed by atoms with Gasteiger partial charge in [0.05, 0.1) is 12.5 Å². The van der Waals surface area contributed by atoms with Gasteiger partial charge in [0.15, 0.2) is 0 Å². The van der Waals surface area contributed by atoms with E-state index in [1.165, 1.54) is 0 Å². The van der Waals surface area contributed by atoms with Crippen molar-refractivity contribution in [2.45, 2.75) is 39.2 Å². The molecular weight excluding hydrogens is 374 g/mol. The first kappa shape index (κ1) is 20.8. The Kier molecular flexibility index (Phi) is 5.91. The van der Waals surface area contributed by atoms with Crippen molar-refractivity contribution >= 4 is 23.8 Å². The third-order valence-electron chi connectivity index (χ3n) is 5.66. The van der Waals surface area contributed by atoms with Crippen LogP contribution in [0.15, 0.2) is 24.3 Å². The second-order valence-electron chi connectivity index (χ2n) is 7.72. The zero-order valence-corrected chi connectivity index (χ0v) is 17.1. The Hall–Kier alpha value is -2.90. The minimum atomic E-state index is -1.19. The summed E-state index contributed by atoms with van der Waals surface area (Å²) in [4.78, 5) is 52.5. The van der Waals surface area contributed by atoms with Crippen LogP contribution in [-0.2, 0) is 24.7 Å². The van der Waals surface area contributed by atoms with Gasteiger partial charge in [-0.1, -0.05) is 29.8 Å². The number of carbonyl (C=O) groups excluding carboxylic acids is 4. The number of hydrogen-bond acceptors (Lipinski definition) is 5. The fraction of sp³-hybridized carbons (Fsp3) is 0.524. The highest BCUT2D eigenvalue weighted by Crippen LogP contribution is 2.29. The number of likely N-dealkylation sites (tertiary alicyclic amines) is 1. The molecule has 1 aromatic carbocycles. The predicted molar refractivity (Wildman–Crippen MR) is 105 cm³/mol. The van der Waals surface area contributed by atoms with Crippen molar-refractivity contribution in [3.05, 3.63) is 35.4 Å². The van der Waals surface area contributed by atoms with Crippen molar-refractivity contribution in [3.63, 3.8) is 0 Å². The number of aryl methyl sites for hydroxylation is 1. The molecule has 0 saturated carbocycles. The number of nitrogens with one attached hydrogen (secondary N) is 1. The summed E-state index contributed by atoms with van der Waals surface area (Å²) in [6.45, 7) is 6.19. The average Bonchev–Trinajstić information content (AvgIpc) is 2.92. The van der Waals surface area contributed by atoms with Crippen LogP contribution in [0.2, 0.25) is 0 Å². The van der Waals surface area contributed by atoms with Crippen molar-refractivity contribution in [2.24, 2.45) is 5.92 Å². The van der Waals surface area contributed by atoms with Gasteiger partial charge in [-0.25, -0.2) is 4.79 Å². The van der Waals surface area contributed by atoms with Crippen molar-refractivity contribution < 1.29 is 23.9 Å². The maximum atomic E-state index is 13.0. The third kappa shape index (κ3) is 4.11. The largest absolute Gasteiger partial charge is 0.466 e. The molecule has 3 rings (SSSR count). The van der Waals surface area contributed by atoms with E-state index in [4.69, 9.17) is 4.74 Å². The van der Waals surface area contributed by atoms with E-state index >= 15 is 0 Å². The number of carbonyl (C=O) groups is 4. The molecule has 2 aliphatic heterocycles. The monoisotopic (exact) mass is 401 g/mol. The Bertz CT molecular complexity index is 814. The average molecular weight is 401 g/mol. The lowest BCUT2D eigenvalue weighted by atomic mass is 9.91. The lowest BCUT2D eigenvalue weighted by Gasteiger charge is -2.31. The molecule has 2 heterocycles. The van der Waals surface area contributed by atoms with Crippen LogP contribution in [-0.4, -0.2) is 59.9 Å². The molecule has 2 fully saturated rings. The number of hydrogen-bond donors (Lipinski definition) is 1. The van der Waals surface area contributed by atoms with Gasteiger partial charge >= 0.3 is 12.0 Å². The number of amides is 4. The standard InChI is InChI=1S/C21H27N3O5/c1-4-29-18(26)15-9-11-23(12-10-15)17(25)13-24-19(27)21(3,22-20(24)28)16-7-5-14(2)6-8-16/h5-8,15H,4,9-13H2,1-3H3,(H,22,28). The lowest BCUT2D eigenvalue weighted by molar-refractivity contribution is -0.151. The number of imide groups is 1. The van der Waals surface area contributed by atoms with Gasteiger partial charge in [-0.15, -0.1) is 0 Å². The molecule has 0 radical (unpaired) electrons. The van der Waals surface area contributed by atoms with E-state index in [1.54, 1.807) is 30.9 Å². The van der Waals surface area contributed by atoms with Crippen LogP contribution in [0.4, 0.5) is 4.79 Å². The summed E-state index contributed by atoms with van der Waals surface area (Å²) in [6.07, 6.45) is 1.04. The minimum absolute atomic E-state index is 0.208. The smallest absolute Gasteiger partial charge is 0.325 e. The van der Waals surface area contributed by atoms with Gasteiger partial charge in [-0.05, 0) is 39.2 Å². The van der Waals surface area contributed by atoms with Crippen LogP contribution in [0.3, 0.4) is 0 Å². The zero-order chi connectivity index (χ0) is 21.2. The van der Waals surface area contributed by atoms with Gasteiger partial charge in [0.2, 0.25) is 5.91 Å². The maximum absolute atomic E-state index is 13.0. The first-order chi connectivity index (χ1) is 13.8. The summed E-state index contributed by atoms with van der Waals surface area (Å²) >= 11 is 0. The number of nitrogens with zero attached hydrogens (tertiary/aromatic N) is 2. The van der Waals surface area contributed by atoms with Crippen molar-refractivity contribution in [3.8, 4) is 0 Å². The molecule has 1 N–H and O–H groups in total. The first-order valence-corrected chi connectivity index (χ1v) is 9.92. The Morgan fingerprint density at radius 1 is 1.17 bits per heavy atom. The van der Waals surface area contributed by atoms with Crippen LogP contribution in [0.1, 0.15) is 37.8 Å². The molecule has 156 valence electrons. The van der Waals surface area contributed by atoms with Crippen LogP contribution in [0.25, 0.3) is 0 Å². The quantitative estimate of drug-likeness (QED) is 0.597. The molecule has 0 bridgehead atoms. The molecule has 2 saturated heterocycles. The van der Waals surface area contributed by atoms with E-state index < -0.39 is 17.5 Å². The molecule has 4 amide bonds. The van der Waals surface area contributed by atoms with E-state index in [0.717, 1.165) is 10.5 Å². The summed E-state index contributed by atoms with van der Waals surface area (Å²) in [5.41, 5.74) is 0.529. The van der Waals surface area contributed by atoms with E-state index in [1.807, 2.05) is 19.1 Å². The molecule has 1 atom stereocenters. The Morgan fingerprint density at radius 2 is 1.79 bits per heavy atom. The highest BCUT2D eigenvalue weighted by Gasteiger charge is 2.49. The van der Waals surface area contributed by atoms with Crippen molar-refractivity contribution in [1.82, 2.24) is 15.1 Å². The second kappa shape index (κ2) is 8.23. The molecule has 8 heteroatoms. The summed E-state index contributed by atoms with van der Waals surface area (Å²) in [5.74, 6) is -1.19. The fourth-order valence-electron chi connectivity index (χ4n) is 3.78. The Labute approximate surface area is 170 Å². The molecule has 0 spiro atoms. The molecular formula is C21H27N3O5. The third-order valence-corrected chi connectivity index (χ3v) is 5.66. The highest BCUT2D eigenvalue weighted by molar-refractivity contribution is 6.09. The van der Waals surface area contributed by atoms with Crippen molar-refractivity contribution in [1.29, 1.82) is 0 Å². The minimum Gasteiger partial charge on any atom is -0.466 e. The van der Waals surface area contributed by atoms with Gasteiger partial charge in [0.1, 0.15) is 12.1 Å². The van der Waals surface area contributed by atoms with Gasteiger partial charge < -0.3 is 15.0 Å². The predicted octanol–water partition coefficient (Wildman–Crippen LogP) is 1.56. The first-order valence-electron chi connectivity index (χ1n) is 9.92. The SMILES string of the molecule is CCOC(=O)C1CCN(C(=O)CN2C(=O)NC(C)(c3ccc(C)cc3)C2=O)CC1. The zero-order valence-electron chi connectivity index (χ0n) is 17.1. The van der Waals surface area contributed by atoms with Gasteiger partial charge in [0, 0.05) is 13.1 Å². The van der Waals surface area contributed by atoms with E-state index in [2.05, 4.69) is 5.32 Å². The van der Waals surface area contributed by atoms with E-state index in [9.17, 15) is 19.2 Å². The number of piperidine rings is 1. The number of esters is 1. The normalized spacial score (nSPS) is 22.6. The summed E-state index contributed by atoms with van der Waals surface area (Å²) in [6, 6.07) is 6.79. The van der Waals surface area contributed by atoms with Gasteiger partial charge in [-0.2, -0.15) is 0 Å². The second-order valence-corrected chi connectivity index (χ2v) is 7.72. The molecule has 29 heavy (non-hydrogen) atoms. The maximum Gasteiger partial charge on any atom is 0.325 e. The molecule has 2 aliphatic rings. The number of ether oxygens (including phenoxy) is 1. The van der Waals surface area contributed by atoms with E-state index in [-0.39, 0.29) is 24.3 Å². The molecule has 0 aliphatic carbocycles. The van der Waals surface area contributed by atoms with Crippen LogP contribution < -0.4 is 5.32 Å². The van der Waals surface area contributed by atoms with Gasteiger partial charge in [-0.3, -0.25) is 19.3 Å². The summed E-state index contributed by atoms with van der Waals surface area (Å²) in [5, 5.41) is 2.72. The number of benzene rings is 1. The highest BCUT2D eigenvalue weighted by atomic mass is 16.5. The molecule has 1 aromatic rings. The number of urea groups is 1. The topological polar surface area (TPSA) is 96.0 Å². The number of rotatable bonds is 5. The van der Waals surface area contributed by atoms with Crippen LogP contribution in [0, 0.1) is 12.8 Å². The Morgan fingerprint density at radius 3 is 2.38 bits per heavy atom. The van der Waals surface area contributed by atoms with Crippen LogP contribution >= 0.6 is 0 Å². The lowest BCUT2D eigenvalue weighted by Crippen LogP contribution is -2.47.